The zero-order chi connectivity index (χ0) is 18.3. The van der Waals surface area contributed by atoms with Crippen molar-refractivity contribution in [3.05, 3.63) is 96.1 Å². The van der Waals surface area contributed by atoms with E-state index in [1.54, 1.807) is 0 Å². The van der Waals surface area contributed by atoms with Gasteiger partial charge < -0.3 is 10.4 Å². The first-order valence-electron chi connectivity index (χ1n) is 9.79. The minimum absolute atomic E-state index is 0.139. The van der Waals surface area contributed by atoms with Crippen molar-refractivity contribution in [3.8, 4) is 0 Å². The number of nitrogens with two attached hydrogens (primary N) is 1. The molecule has 1 heterocycles. The summed E-state index contributed by atoms with van der Waals surface area (Å²) < 4.78 is 0. The average molecular weight is 354 g/mol. The van der Waals surface area contributed by atoms with Crippen molar-refractivity contribution >= 4 is 21.5 Å². The zero-order valence-electron chi connectivity index (χ0n) is 15.3. The lowest BCUT2D eigenvalue weighted by atomic mass is 9.78. The molecule has 2 heteroatoms. The van der Waals surface area contributed by atoms with Crippen LogP contribution < -0.4 is 5.32 Å². The second kappa shape index (κ2) is 6.49. The van der Waals surface area contributed by atoms with E-state index in [0.717, 1.165) is 30.5 Å². The van der Waals surface area contributed by atoms with Crippen molar-refractivity contribution < 1.29 is 10.4 Å². The number of benzene rings is 4. The second-order valence-electron chi connectivity index (χ2n) is 7.66. The maximum absolute atomic E-state index is 12.1. The average Bonchev–Trinajstić information content (AvgIpc) is 3.28. The van der Waals surface area contributed by atoms with Gasteiger partial charge >= 0.3 is 0 Å². The summed E-state index contributed by atoms with van der Waals surface area (Å²) in [5.74, 6) is 0. The van der Waals surface area contributed by atoms with Crippen LogP contribution in [0, 0.1) is 0 Å². The first kappa shape index (κ1) is 16.5. The molecule has 2 nitrogen and oxygen atoms in total. The summed E-state index contributed by atoms with van der Waals surface area (Å²) in [4.78, 5) is 0. The molecule has 4 aromatic rings. The van der Waals surface area contributed by atoms with Gasteiger partial charge in [-0.3, -0.25) is 0 Å². The van der Waals surface area contributed by atoms with Crippen molar-refractivity contribution in [1.29, 1.82) is 0 Å². The molecule has 5 rings (SSSR count). The molecule has 1 aliphatic rings. The van der Waals surface area contributed by atoms with Crippen molar-refractivity contribution in [2.75, 3.05) is 6.54 Å². The van der Waals surface area contributed by atoms with E-state index in [1.165, 1.54) is 21.5 Å². The standard InChI is InChI=1S/C25H23NO/c27-25(24-10-5-15-26-24,22-13-11-18-6-1-3-8-20(18)16-22)23-14-12-19-7-2-4-9-21(19)17-23/h1-4,6-9,11-14,16-17,24,26-27H,5,10,15H2/p+1/t24-/m0/s1. The van der Waals surface area contributed by atoms with Crippen molar-refractivity contribution in [2.24, 2.45) is 0 Å². The Bertz CT molecular complexity index is 1030. The summed E-state index contributed by atoms with van der Waals surface area (Å²) in [7, 11) is 0. The van der Waals surface area contributed by atoms with Gasteiger partial charge in [-0.1, -0.05) is 72.8 Å². The summed E-state index contributed by atoms with van der Waals surface area (Å²) in [5, 5.41) is 19.2. The van der Waals surface area contributed by atoms with Crippen LogP contribution in [-0.4, -0.2) is 17.7 Å². The van der Waals surface area contributed by atoms with E-state index in [4.69, 9.17) is 0 Å². The molecule has 0 spiro atoms. The predicted molar refractivity (Wildman–Crippen MR) is 111 cm³/mol. The van der Waals surface area contributed by atoms with E-state index in [2.05, 4.69) is 90.2 Å². The van der Waals surface area contributed by atoms with Gasteiger partial charge in [-0.15, -0.1) is 0 Å². The summed E-state index contributed by atoms with van der Waals surface area (Å²) >= 11 is 0. The molecule has 0 unspecified atom stereocenters. The lowest BCUT2D eigenvalue weighted by molar-refractivity contribution is -0.684. The fourth-order valence-corrected chi connectivity index (χ4v) is 4.60. The molecule has 0 aromatic heterocycles. The van der Waals surface area contributed by atoms with Crippen LogP contribution in [-0.2, 0) is 5.60 Å². The van der Waals surface area contributed by atoms with E-state index >= 15 is 0 Å². The summed E-state index contributed by atoms with van der Waals surface area (Å²) in [6, 6.07) is 29.6. The fraction of sp³-hybridized carbons (Fsp3) is 0.200. The van der Waals surface area contributed by atoms with E-state index in [-0.39, 0.29) is 6.04 Å². The van der Waals surface area contributed by atoms with Gasteiger partial charge in [-0.05, 0) is 44.8 Å². The predicted octanol–water partition coefficient (Wildman–Crippen LogP) is 3.95. The Hall–Kier alpha value is -2.68. The molecular weight excluding hydrogens is 330 g/mol. The molecule has 4 aromatic carbocycles. The monoisotopic (exact) mass is 354 g/mol. The number of hydrogen-bond donors (Lipinski definition) is 2. The van der Waals surface area contributed by atoms with Gasteiger partial charge in [0.1, 0.15) is 6.04 Å². The van der Waals surface area contributed by atoms with Crippen molar-refractivity contribution in [2.45, 2.75) is 24.5 Å². The lowest BCUT2D eigenvalue weighted by Crippen LogP contribution is -2.90. The van der Waals surface area contributed by atoms with Gasteiger partial charge in [0.2, 0.25) is 0 Å². The third-order valence-electron chi connectivity index (χ3n) is 6.09. The largest absolute Gasteiger partial charge is 0.374 e. The number of aliphatic hydroxyl groups is 1. The number of quaternary nitrogens is 1. The first-order valence-corrected chi connectivity index (χ1v) is 9.79. The molecule has 0 saturated carbocycles. The number of rotatable bonds is 3. The maximum atomic E-state index is 12.1. The summed E-state index contributed by atoms with van der Waals surface area (Å²) in [6.07, 6.45) is 2.17. The van der Waals surface area contributed by atoms with E-state index in [0.29, 0.717) is 0 Å². The van der Waals surface area contributed by atoms with Crippen LogP contribution in [0.5, 0.6) is 0 Å². The smallest absolute Gasteiger partial charge is 0.166 e. The third-order valence-corrected chi connectivity index (χ3v) is 6.09. The van der Waals surface area contributed by atoms with E-state index in [1.807, 2.05) is 0 Å². The van der Waals surface area contributed by atoms with Crippen LogP contribution in [0.25, 0.3) is 21.5 Å². The lowest BCUT2D eigenvalue weighted by Gasteiger charge is -2.33. The first-order chi connectivity index (χ1) is 13.2. The third kappa shape index (κ3) is 2.73. The van der Waals surface area contributed by atoms with E-state index < -0.39 is 5.60 Å². The van der Waals surface area contributed by atoms with Crippen LogP contribution in [0.2, 0.25) is 0 Å². The van der Waals surface area contributed by atoms with Crippen molar-refractivity contribution in [3.63, 3.8) is 0 Å². The fourth-order valence-electron chi connectivity index (χ4n) is 4.60. The van der Waals surface area contributed by atoms with Gasteiger partial charge in [0.05, 0.1) is 6.54 Å². The molecule has 3 N–H and O–H groups in total. The molecule has 1 atom stereocenters. The Morgan fingerprint density at radius 2 is 1.22 bits per heavy atom. The highest BCUT2D eigenvalue weighted by Crippen LogP contribution is 2.37. The Labute approximate surface area is 159 Å². The Kier molecular flexibility index (Phi) is 3.96. The van der Waals surface area contributed by atoms with Crippen LogP contribution >= 0.6 is 0 Å². The Morgan fingerprint density at radius 3 is 1.70 bits per heavy atom. The Morgan fingerprint density at radius 1 is 0.704 bits per heavy atom. The molecule has 1 aliphatic heterocycles. The van der Waals surface area contributed by atoms with Crippen LogP contribution in [0.15, 0.2) is 84.9 Å². The molecular formula is C25H24NO+. The molecule has 0 bridgehead atoms. The highest BCUT2D eigenvalue weighted by molar-refractivity contribution is 5.85. The number of fused-ring (bicyclic) bond motifs is 2. The van der Waals surface area contributed by atoms with Crippen molar-refractivity contribution in [1.82, 2.24) is 0 Å². The maximum Gasteiger partial charge on any atom is 0.166 e. The van der Waals surface area contributed by atoms with Crippen LogP contribution in [0.1, 0.15) is 24.0 Å². The Balaban J connectivity index is 1.72. The highest BCUT2D eigenvalue weighted by atomic mass is 16.3. The van der Waals surface area contributed by atoms with Crippen LogP contribution in [0.4, 0.5) is 0 Å². The minimum Gasteiger partial charge on any atom is -0.374 e. The molecule has 0 radical (unpaired) electrons. The van der Waals surface area contributed by atoms with Gasteiger partial charge in [0, 0.05) is 12.8 Å². The summed E-state index contributed by atoms with van der Waals surface area (Å²) in [6.45, 7) is 1.08. The normalized spacial score (nSPS) is 17.6. The number of hydrogen-bond acceptors (Lipinski definition) is 1. The highest BCUT2D eigenvalue weighted by Gasteiger charge is 2.45. The SMILES string of the molecule is OC(c1ccc2ccccc2c1)(c1ccc2ccccc2c1)[C@@H]1CCC[NH2+]1. The topological polar surface area (TPSA) is 36.8 Å². The molecule has 27 heavy (non-hydrogen) atoms. The van der Waals surface area contributed by atoms with Gasteiger partial charge in [-0.2, -0.15) is 0 Å². The molecule has 0 aliphatic carbocycles. The quantitative estimate of drug-likeness (QED) is 0.574. The van der Waals surface area contributed by atoms with Crippen LogP contribution in [0.3, 0.4) is 0 Å². The van der Waals surface area contributed by atoms with E-state index in [9.17, 15) is 5.11 Å². The van der Waals surface area contributed by atoms with Gasteiger partial charge in [0.15, 0.2) is 5.60 Å². The molecule has 1 saturated heterocycles. The zero-order valence-corrected chi connectivity index (χ0v) is 15.3. The molecule has 134 valence electrons. The molecule has 0 amide bonds. The van der Waals surface area contributed by atoms with Gasteiger partial charge in [-0.25, -0.2) is 0 Å². The minimum atomic E-state index is -0.995. The summed E-state index contributed by atoms with van der Waals surface area (Å²) in [5.41, 5.74) is 0.976. The molecule has 1 fully saturated rings. The second-order valence-corrected chi connectivity index (χ2v) is 7.66. The van der Waals surface area contributed by atoms with Gasteiger partial charge in [0.25, 0.3) is 0 Å².